The van der Waals surface area contributed by atoms with E-state index in [-0.39, 0.29) is 11.9 Å². The van der Waals surface area contributed by atoms with Crippen LogP contribution in [0.1, 0.15) is 42.9 Å². The fourth-order valence-corrected chi connectivity index (χ4v) is 3.79. The normalized spacial score (nSPS) is 15.1. The van der Waals surface area contributed by atoms with Gasteiger partial charge in [-0.3, -0.25) is 9.69 Å². The first kappa shape index (κ1) is 21.2. The van der Waals surface area contributed by atoms with Crippen LogP contribution in [0.25, 0.3) is 0 Å². The minimum atomic E-state index is 0.0740. The number of benzene rings is 2. The van der Waals surface area contributed by atoms with Gasteiger partial charge in [-0.25, -0.2) is 0 Å². The average Bonchev–Trinajstić information content (AvgIpc) is 3.26. The molecule has 5 nitrogen and oxygen atoms in total. The van der Waals surface area contributed by atoms with E-state index in [1.54, 1.807) is 7.11 Å². The predicted octanol–water partition coefficient (Wildman–Crippen LogP) is 4.12. The van der Waals surface area contributed by atoms with Gasteiger partial charge >= 0.3 is 0 Å². The molecule has 1 unspecified atom stereocenters. The lowest BCUT2D eigenvalue weighted by molar-refractivity contribution is -0.121. The summed E-state index contributed by atoms with van der Waals surface area (Å²) < 4.78 is 11.1. The van der Waals surface area contributed by atoms with Crippen LogP contribution in [0.3, 0.4) is 0 Å². The molecule has 1 atom stereocenters. The number of methoxy groups -OCH3 is 1. The molecule has 1 aliphatic rings. The Balaban J connectivity index is 1.47. The van der Waals surface area contributed by atoms with Gasteiger partial charge in [-0.1, -0.05) is 24.3 Å². The van der Waals surface area contributed by atoms with Gasteiger partial charge in [0.1, 0.15) is 11.5 Å². The Morgan fingerprint density at radius 1 is 1.10 bits per heavy atom. The van der Waals surface area contributed by atoms with E-state index in [0.717, 1.165) is 24.6 Å². The zero-order valence-corrected chi connectivity index (χ0v) is 17.5. The highest BCUT2D eigenvalue weighted by Gasteiger charge is 2.24. The Kier molecular flexibility index (Phi) is 7.94. The van der Waals surface area contributed by atoms with Gasteiger partial charge in [0.25, 0.3) is 0 Å². The smallest absolute Gasteiger partial charge is 0.220 e. The zero-order valence-electron chi connectivity index (χ0n) is 17.5. The second kappa shape index (κ2) is 10.9. The molecule has 0 bridgehead atoms. The summed E-state index contributed by atoms with van der Waals surface area (Å²) in [5.41, 5.74) is 2.36. The van der Waals surface area contributed by atoms with Crippen molar-refractivity contribution in [2.24, 2.45) is 0 Å². The van der Waals surface area contributed by atoms with Crippen LogP contribution in [-0.2, 0) is 4.79 Å². The van der Waals surface area contributed by atoms with E-state index in [2.05, 4.69) is 22.3 Å². The maximum Gasteiger partial charge on any atom is 0.220 e. The standard InChI is InChI=1S/C24H32N2O3/c1-19-8-5-11-22(16-19)29-15-7-12-24(27)25-18-23(26-13-3-4-14-26)20-9-6-10-21(17-20)28-2/h5-6,8-11,16-17,23H,3-4,7,12-15,18H2,1-2H3,(H,25,27). The second-order valence-electron chi connectivity index (χ2n) is 7.61. The molecule has 0 aromatic heterocycles. The highest BCUT2D eigenvalue weighted by Crippen LogP contribution is 2.27. The van der Waals surface area contributed by atoms with Crippen molar-refractivity contribution in [1.82, 2.24) is 10.2 Å². The van der Waals surface area contributed by atoms with Gasteiger partial charge in [0, 0.05) is 13.0 Å². The van der Waals surface area contributed by atoms with Gasteiger partial charge in [0.05, 0.1) is 19.8 Å². The number of aryl methyl sites for hydroxylation is 1. The minimum absolute atomic E-state index is 0.0740. The van der Waals surface area contributed by atoms with Gasteiger partial charge in [-0.15, -0.1) is 0 Å². The van der Waals surface area contributed by atoms with E-state index in [1.807, 2.05) is 43.3 Å². The molecular formula is C24H32N2O3. The summed E-state index contributed by atoms with van der Waals surface area (Å²) in [6.07, 6.45) is 3.60. The van der Waals surface area contributed by atoms with Crippen LogP contribution >= 0.6 is 0 Å². The predicted molar refractivity (Wildman–Crippen MR) is 115 cm³/mol. The van der Waals surface area contributed by atoms with Gasteiger partial charge in [0.2, 0.25) is 5.91 Å². The third-order valence-electron chi connectivity index (χ3n) is 5.36. The summed E-state index contributed by atoms with van der Waals surface area (Å²) in [4.78, 5) is 14.8. The molecule has 1 fully saturated rings. The molecule has 0 aliphatic carbocycles. The number of hydrogen-bond donors (Lipinski definition) is 1. The first-order valence-corrected chi connectivity index (χ1v) is 10.5. The maximum atomic E-state index is 12.4. The molecule has 3 rings (SSSR count). The number of ether oxygens (including phenoxy) is 2. The minimum Gasteiger partial charge on any atom is -0.497 e. The quantitative estimate of drug-likeness (QED) is 0.614. The molecule has 2 aromatic carbocycles. The fraction of sp³-hybridized carbons (Fsp3) is 0.458. The molecule has 29 heavy (non-hydrogen) atoms. The Bertz CT molecular complexity index is 787. The van der Waals surface area contributed by atoms with Crippen LogP contribution in [-0.4, -0.2) is 44.2 Å². The molecule has 2 aromatic rings. The van der Waals surface area contributed by atoms with E-state index in [4.69, 9.17) is 9.47 Å². The van der Waals surface area contributed by atoms with Crippen LogP contribution in [0.15, 0.2) is 48.5 Å². The first-order valence-electron chi connectivity index (χ1n) is 10.5. The summed E-state index contributed by atoms with van der Waals surface area (Å²) in [6.45, 7) is 5.34. The van der Waals surface area contributed by atoms with Crippen molar-refractivity contribution < 1.29 is 14.3 Å². The molecule has 1 N–H and O–H groups in total. The van der Waals surface area contributed by atoms with Gasteiger partial charge in [-0.05, 0) is 74.7 Å². The van der Waals surface area contributed by atoms with Crippen LogP contribution in [0.4, 0.5) is 0 Å². The summed E-state index contributed by atoms with van der Waals surface area (Å²) >= 11 is 0. The van der Waals surface area contributed by atoms with E-state index >= 15 is 0 Å². The van der Waals surface area contributed by atoms with Crippen molar-refractivity contribution in [2.75, 3.05) is 33.4 Å². The lowest BCUT2D eigenvalue weighted by Crippen LogP contribution is -2.36. The first-order chi connectivity index (χ1) is 14.2. The average molecular weight is 397 g/mol. The fourth-order valence-electron chi connectivity index (χ4n) is 3.79. The van der Waals surface area contributed by atoms with Gasteiger partial charge in [0.15, 0.2) is 0 Å². The van der Waals surface area contributed by atoms with Crippen LogP contribution < -0.4 is 14.8 Å². The number of rotatable bonds is 10. The van der Waals surface area contributed by atoms with Crippen molar-refractivity contribution in [2.45, 2.75) is 38.6 Å². The van der Waals surface area contributed by atoms with Crippen LogP contribution in [0, 0.1) is 6.92 Å². The zero-order chi connectivity index (χ0) is 20.5. The summed E-state index contributed by atoms with van der Waals surface area (Å²) in [6, 6.07) is 16.3. The summed E-state index contributed by atoms with van der Waals surface area (Å²) in [7, 11) is 1.69. The lowest BCUT2D eigenvalue weighted by atomic mass is 10.0. The number of nitrogens with one attached hydrogen (secondary N) is 1. The van der Waals surface area contributed by atoms with Crippen molar-refractivity contribution in [3.63, 3.8) is 0 Å². The molecular weight excluding hydrogens is 364 g/mol. The van der Waals surface area contributed by atoms with Gasteiger partial charge < -0.3 is 14.8 Å². The molecule has 156 valence electrons. The number of amides is 1. The topological polar surface area (TPSA) is 50.8 Å². The number of hydrogen-bond acceptors (Lipinski definition) is 4. The number of likely N-dealkylation sites (tertiary alicyclic amines) is 1. The Morgan fingerprint density at radius 2 is 1.86 bits per heavy atom. The number of carbonyl (C=O) groups excluding carboxylic acids is 1. The maximum absolute atomic E-state index is 12.4. The molecule has 0 saturated carbocycles. The molecule has 0 spiro atoms. The van der Waals surface area contributed by atoms with E-state index in [9.17, 15) is 4.79 Å². The second-order valence-corrected chi connectivity index (χ2v) is 7.61. The van der Waals surface area contributed by atoms with E-state index < -0.39 is 0 Å². The Morgan fingerprint density at radius 3 is 2.62 bits per heavy atom. The lowest BCUT2D eigenvalue weighted by Gasteiger charge is -2.28. The molecule has 1 heterocycles. The van der Waals surface area contributed by atoms with Crippen LogP contribution in [0.5, 0.6) is 11.5 Å². The van der Waals surface area contributed by atoms with Crippen LogP contribution in [0.2, 0.25) is 0 Å². The number of nitrogens with zero attached hydrogens (tertiary/aromatic N) is 1. The largest absolute Gasteiger partial charge is 0.497 e. The SMILES string of the molecule is COc1cccc(C(CNC(=O)CCCOc2cccc(C)c2)N2CCCC2)c1. The van der Waals surface area contributed by atoms with Crippen molar-refractivity contribution >= 4 is 5.91 Å². The van der Waals surface area contributed by atoms with E-state index in [1.165, 1.54) is 24.0 Å². The van der Waals surface area contributed by atoms with Gasteiger partial charge in [-0.2, -0.15) is 0 Å². The van der Waals surface area contributed by atoms with Crippen molar-refractivity contribution in [1.29, 1.82) is 0 Å². The molecule has 5 heteroatoms. The molecule has 0 radical (unpaired) electrons. The molecule has 1 saturated heterocycles. The Labute approximate surface area is 174 Å². The van der Waals surface area contributed by atoms with E-state index in [0.29, 0.717) is 26.0 Å². The molecule has 1 aliphatic heterocycles. The summed E-state index contributed by atoms with van der Waals surface area (Å²) in [5.74, 6) is 1.79. The highest BCUT2D eigenvalue weighted by atomic mass is 16.5. The molecule has 1 amide bonds. The third-order valence-corrected chi connectivity index (χ3v) is 5.36. The Hall–Kier alpha value is -2.53. The summed E-state index contributed by atoms with van der Waals surface area (Å²) in [5, 5.41) is 3.13. The highest BCUT2D eigenvalue weighted by molar-refractivity contribution is 5.75. The monoisotopic (exact) mass is 396 g/mol. The van der Waals surface area contributed by atoms with Crippen molar-refractivity contribution in [3.8, 4) is 11.5 Å². The van der Waals surface area contributed by atoms with Crippen molar-refractivity contribution in [3.05, 3.63) is 59.7 Å². The number of carbonyl (C=O) groups is 1. The third kappa shape index (κ3) is 6.50.